The highest BCUT2D eigenvalue weighted by atomic mass is 16.4. The number of nitrogens with zero attached hydrogens (tertiary/aromatic N) is 1. The van der Waals surface area contributed by atoms with Gasteiger partial charge in [-0.05, 0) is 6.42 Å². The standard InChI is InChI=1S/C10H11N5O6/c11-3(1-2-4(16)17)7(18)15-8(19)5-6(14-10(15)21)13-9(20)12-5/h3H,1-2,11H2,(H,14,21)(H,16,17)(H2,12,13,20)/t3-/m0/s1. The van der Waals surface area contributed by atoms with Gasteiger partial charge in [-0.2, -0.15) is 4.57 Å². The Balaban J connectivity index is 2.48. The number of H-pyrrole nitrogens is 3. The first kappa shape index (κ1) is 14.5. The fraction of sp³-hybridized carbons (Fsp3) is 0.300. The van der Waals surface area contributed by atoms with E-state index in [1.54, 1.807) is 0 Å². The van der Waals surface area contributed by atoms with Gasteiger partial charge in [-0.15, -0.1) is 0 Å². The van der Waals surface area contributed by atoms with Crippen LogP contribution >= 0.6 is 0 Å². The van der Waals surface area contributed by atoms with E-state index in [0.717, 1.165) is 0 Å². The lowest BCUT2D eigenvalue weighted by Gasteiger charge is -2.09. The lowest BCUT2D eigenvalue weighted by Crippen LogP contribution is -2.47. The Hall–Kier alpha value is -2.95. The Bertz CT molecular complexity index is 884. The normalized spacial score (nSPS) is 12.4. The van der Waals surface area contributed by atoms with Crippen molar-refractivity contribution in [3.05, 3.63) is 31.3 Å². The zero-order chi connectivity index (χ0) is 15.7. The Morgan fingerprint density at radius 2 is 1.86 bits per heavy atom. The molecule has 1 atom stereocenters. The van der Waals surface area contributed by atoms with Crippen molar-refractivity contribution in [2.24, 2.45) is 5.73 Å². The van der Waals surface area contributed by atoms with Gasteiger partial charge < -0.3 is 10.8 Å². The van der Waals surface area contributed by atoms with Crippen molar-refractivity contribution in [1.82, 2.24) is 19.5 Å². The molecule has 0 spiro atoms. The Labute approximate surface area is 114 Å². The molecule has 0 saturated carbocycles. The van der Waals surface area contributed by atoms with Gasteiger partial charge in [-0.1, -0.05) is 0 Å². The molecule has 6 N–H and O–H groups in total. The van der Waals surface area contributed by atoms with Crippen LogP contribution in [0.15, 0.2) is 14.4 Å². The molecular weight excluding hydrogens is 286 g/mol. The van der Waals surface area contributed by atoms with Crippen LogP contribution in [0.3, 0.4) is 0 Å². The maximum absolute atomic E-state index is 12.0. The smallest absolute Gasteiger partial charge is 0.337 e. The topological polar surface area (TPSA) is 184 Å². The first-order chi connectivity index (χ1) is 9.81. The van der Waals surface area contributed by atoms with E-state index in [4.69, 9.17) is 10.8 Å². The molecule has 0 unspecified atom stereocenters. The summed E-state index contributed by atoms with van der Waals surface area (Å²) < 4.78 is 0.235. The quantitative estimate of drug-likeness (QED) is 0.414. The van der Waals surface area contributed by atoms with Crippen molar-refractivity contribution in [2.45, 2.75) is 18.9 Å². The number of aromatic amines is 3. The number of carboxylic acid groups (broad SMARTS) is 1. The number of hydrogen-bond donors (Lipinski definition) is 5. The van der Waals surface area contributed by atoms with Crippen LogP contribution in [0.25, 0.3) is 11.2 Å². The highest BCUT2D eigenvalue weighted by Gasteiger charge is 2.22. The van der Waals surface area contributed by atoms with Gasteiger partial charge in [0.05, 0.1) is 6.04 Å². The maximum Gasteiger partial charge on any atom is 0.337 e. The summed E-state index contributed by atoms with van der Waals surface area (Å²) in [6.07, 6.45) is -0.621. The van der Waals surface area contributed by atoms with Crippen molar-refractivity contribution in [3.63, 3.8) is 0 Å². The molecular formula is C10H11N5O6. The van der Waals surface area contributed by atoms with Gasteiger partial charge in [0.25, 0.3) is 11.5 Å². The summed E-state index contributed by atoms with van der Waals surface area (Å²) in [6.45, 7) is 0. The summed E-state index contributed by atoms with van der Waals surface area (Å²) in [5.74, 6) is -2.21. The summed E-state index contributed by atoms with van der Waals surface area (Å²) in [4.78, 5) is 63.7. The SMILES string of the molecule is N[C@@H](CCC(=O)O)C(=O)n1c(=O)[nH]c2[nH]c(=O)[nH]c2c1=O. The minimum absolute atomic E-state index is 0.141. The van der Waals surface area contributed by atoms with Crippen molar-refractivity contribution in [3.8, 4) is 0 Å². The molecule has 0 aliphatic heterocycles. The van der Waals surface area contributed by atoms with Crippen molar-refractivity contribution in [2.75, 3.05) is 0 Å². The molecule has 2 aromatic rings. The third-order valence-electron chi connectivity index (χ3n) is 2.79. The van der Waals surface area contributed by atoms with Crippen LogP contribution in [-0.2, 0) is 4.79 Å². The minimum Gasteiger partial charge on any atom is -0.481 e. The number of carboxylic acids is 1. The third-order valence-corrected chi connectivity index (χ3v) is 2.79. The Kier molecular flexibility index (Phi) is 3.58. The van der Waals surface area contributed by atoms with Gasteiger partial charge >= 0.3 is 17.3 Å². The maximum atomic E-state index is 12.0. The molecule has 2 aromatic heterocycles. The lowest BCUT2D eigenvalue weighted by atomic mass is 10.1. The van der Waals surface area contributed by atoms with Crippen molar-refractivity contribution < 1.29 is 14.7 Å². The highest BCUT2D eigenvalue weighted by Crippen LogP contribution is 1.98. The van der Waals surface area contributed by atoms with Crippen LogP contribution in [0, 0.1) is 0 Å². The number of hydrogen-bond acceptors (Lipinski definition) is 6. The van der Waals surface area contributed by atoms with E-state index >= 15 is 0 Å². The molecule has 21 heavy (non-hydrogen) atoms. The van der Waals surface area contributed by atoms with Gasteiger partial charge in [0.15, 0.2) is 5.52 Å². The van der Waals surface area contributed by atoms with Gasteiger partial charge in [0, 0.05) is 6.42 Å². The first-order valence-electron chi connectivity index (χ1n) is 5.80. The van der Waals surface area contributed by atoms with Crippen molar-refractivity contribution >= 4 is 23.0 Å². The van der Waals surface area contributed by atoms with Crippen LogP contribution in [-0.4, -0.2) is 42.5 Å². The summed E-state index contributed by atoms with van der Waals surface area (Å²) in [7, 11) is 0. The predicted octanol–water partition coefficient (Wildman–Crippen LogP) is -2.46. The van der Waals surface area contributed by atoms with E-state index in [1.165, 1.54) is 0 Å². The van der Waals surface area contributed by atoms with Crippen molar-refractivity contribution in [1.29, 1.82) is 0 Å². The summed E-state index contributed by atoms with van der Waals surface area (Å²) in [6, 6.07) is -1.33. The zero-order valence-corrected chi connectivity index (χ0v) is 10.5. The van der Waals surface area contributed by atoms with Crippen LogP contribution in [0.1, 0.15) is 17.6 Å². The van der Waals surface area contributed by atoms with Gasteiger partial charge in [0.2, 0.25) is 0 Å². The molecule has 0 saturated heterocycles. The summed E-state index contributed by atoms with van der Waals surface area (Å²) in [5, 5.41) is 8.52. The summed E-state index contributed by atoms with van der Waals surface area (Å²) in [5.41, 5.74) is 2.23. The number of carbonyl (C=O) groups is 2. The Morgan fingerprint density at radius 3 is 2.48 bits per heavy atom. The number of aliphatic carboxylic acids is 1. The zero-order valence-electron chi connectivity index (χ0n) is 10.5. The van der Waals surface area contributed by atoms with Crippen LogP contribution in [0.4, 0.5) is 0 Å². The van der Waals surface area contributed by atoms with E-state index < -0.39 is 34.9 Å². The predicted molar refractivity (Wildman–Crippen MR) is 69.3 cm³/mol. The van der Waals surface area contributed by atoms with Gasteiger partial charge in [-0.25, -0.2) is 9.59 Å². The number of imidazole rings is 1. The molecule has 0 bridgehead atoms. The van der Waals surface area contributed by atoms with E-state index in [-0.39, 0.29) is 28.6 Å². The van der Waals surface area contributed by atoms with E-state index in [1.807, 2.05) is 0 Å². The monoisotopic (exact) mass is 297 g/mol. The lowest BCUT2D eigenvalue weighted by molar-refractivity contribution is -0.137. The average Bonchev–Trinajstić information content (AvgIpc) is 2.76. The highest BCUT2D eigenvalue weighted by molar-refractivity contribution is 5.86. The minimum atomic E-state index is -1.33. The fourth-order valence-corrected chi connectivity index (χ4v) is 1.77. The number of carbonyl (C=O) groups excluding carboxylic acids is 1. The number of rotatable bonds is 4. The molecule has 0 amide bonds. The first-order valence-corrected chi connectivity index (χ1v) is 5.80. The molecule has 2 heterocycles. The molecule has 112 valence electrons. The molecule has 0 radical (unpaired) electrons. The largest absolute Gasteiger partial charge is 0.481 e. The van der Waals surface area contributed by atoms with E-state index in [9.17, 15) is 24.0 Å². The summed E-state index contributed by atoms with van der Waals surface area (Å²) >= 11 is 0. The second-order valence-electron chi connectivity index (χ2n) is 4.28. The van der Waals surface area contributed by atoms with Crippen LogP contribution in [0.2, 0.25) is 0 Å². The second-order valence-corrected chi connectivity index (χ2v) is 4.28. The molecule has 0 aliphatic carbocycles. The molecule has 2 rings (SSSR count). The number of aromatic nitrogens is 4. The van der Waals surface area contributed by atoms with Crippen LogP contribution < -0.4 is 22.7 Å². The van der Waals surface area contributed by atoms with Crippen LogP contribution in [0.5, 0.6) is 0 Å². The molecule has 11 heteroatoms. The third kappa shape index (κ3) is 2.67. The Morgan fingerprint density at radius 1 is 1.19 bits per heavy atom. The second kappa shape index (κ2) is 5.20. The van der Waals surface area contributed by atoms with E-state index in [2.05, 4.69) is 15.0 Å². The molecule has 0 aliphatic rings. The van der Waals surface area contributed by atoms with E-state index in [0.29, 0.717) is 0 Å². The van der Waals surface area contributed by atoms with Gasteiger partial charge in [0.1, 0.15) is 5.65 Å². The fourth-order valence-electron chi connectivity index (χ4n) is 1.77. The number of fused-ring (bicyclic) bond motifs is 1. The number of nitrogens with one attached hydrogen (secondary N) is 3. The molecule has 0 fully saturated rings. The van der Waals surface area contributed by atoms with Gasteiger partial charge in [-0.3, -0.25) is 29.3 Å². The molecule has 11 nitrogen and oxygen atoms in total. The molecule has 0 aromatic carbocycles. The average molecular weight is 297 g/mol. The number of nitrogens with two attached hydrogens (primary N) is 1.